The fourth-order valence-electron chi connectivity index (χ4n) is 1.78. The molecule has 0 spiro atoms. The molecule has 0 unspecified atom stereocenters. The van der Waals surface area contributed by atoms with E-state index in [1.807, 2.05) is 0 Å². The van der Waals surface area contributed by atoms with Gasteiger partial charge in [-0.2, -0.15) is 13.2 Å². The molecular weight excluding hydrogens is 259 g/mol. The Balaban J connectivity index is 2.64. The largest absolute Gasteiger partial charge is 0.418 e. The summed E-state index contributed by atoms with van der Waals surface area (Å²) in [6, 6.07) is 5.02. The van der Waals surface area contributed by atoms with Gasteiger partial charge in [-0.25, -0.2) is 4.68 Å². The number of aromatic nitrogens is 3. The molecule has 0 N–H and O–H groups in total. The van der Waals surface area contributed by atoms with Crippen LogP contribution in [0.3, 0.4) is 0 Å². The zero-order valence-corrected chi connectivity index (χ0v) is 10.2. The average molecular weight is 269 g/mol. The van der Waals surface area contributed by atoms with E-state index in [0.717, 1.165) is 10.7 Å². The van der Waals surface area contributed by atoms with Gasteiger partial charge in [0.05, 0.1) is 16.9 Å². The lowest BCUT2D eigenvalue weighted by Crippen LogP contribution is -2.12. The fraction of sp³-hybridized carbons (Fsp3) is 0.250. The second-order valence-electron chi connectivity index (χ2n) is 4.01. The molecule has 0 fully saturated rings. The van der Waals surface area contributed by atoms with Crippen molar-refractivity contribution in [1.29, 1.82) is 0 Å². The standard InChI is InChI=1S/C12H10F3N3O/c1-7-11(8(2)19)16-17-18(7)10-6-4-3-5-9(10)12(13,14)15/h3-6H,1-2H3. The number of benzene rings is 1. The third kappa shape index (κ3) is 2.35. The van der Waals surface area contributed by atoms with Crippen molar-refractivity contribution in [1.82, 2.24) is 15.0 Å². The zero-order chi connectivity index (χ0) is 14.2. The maximum atomic E-state index is 12.9. The summed E-state index contributed by atoms with van der Waals surface area (Å²) < 4.78 is 39.7. The normalized spacial score (nSPS) is 11.6. The van der Waals surface area contributed by atoms with Crippen LogP contribution in [0, 0.1) is 6.92 Å². The number of alkyl halides is 3. The Morgan fingerprint density at radius 3 is 2.42 bits per heavy atom. The van der Waals surface area contributed by atoms with Gasteiger partial charge in [-0.3, -0.25) is 4.79 Å². The molecule has 0 saturated heterocycles. The van der Waals surface area contributed by atoms with E-state index in [2.05, 4.69) is 10.3 Å². The van der Waals surface area contributed by atoms with E-state index in [9.17, 15) is 18.0 Å². The van der Waals surface area contributed by atoms with Crippen molar-refractivity contribution in [3.8, 4) is 5.69 Å². The molecule has 100 valence electrons. The molecule has 0 aliphatic carbocycles. The molecule has 1 heterocycles. The van der Waals surface area contributed by atoms with Gasteiger partial charge in [-0.1, -0.05) is 17.3 Å². The molecule has 7 heteroatoms. The number of para-hydroxylation sites is 1. The van der Waals surface area contributed by atoms with E-state index in [-0.39, 0.29) is 22.9 Å². The van der Waals surface area contributed by atoms with E-state index in [1.165, 1.54) is 32.0 Å². The minimum absolute atomic E-state index is 0.0666. The van der Waals surface area contributed by atoms with Crippen LogP contribution < -0.4 is 0 Å². The number of rotatable bonds is 2. The molecule has 0 radical (unpaired) electrons. The van der Waals surface area contributed by atoms with Crippen molar-refractivity contribution >= 4 is 5.78 Å². The molecule has 0 aliphatic heterocycles. The van der Waals surface area contributed by atoms with Gasteiger partial charge < -0.3 is 0 Å². The smallest absolute Gasteiger partial charge is 0.293 e. The maximum absolute atomic E-state index is 12.9. The summed E-state index contributed by atoms with van der Waals surface area (Å²) in [5, 5.41) is 7.24. The predicted molar refractivity (Wildman–Crippen MR) is 61.1 cm³/mol. The molecule has 1 aromatic carbocycles. The molecule has 2 aromatic rings. The molecule has 0 amide bonds. The third-order valence-electron chi connectivity index (χ3n) is 2.67. The summed E-state index contributed by atoms with van der Waals surface area (Å²) in [6.45, 7) is 2.79. The number of halogens is 3. The van der Waals surface area contributed by atoms with Gasteiger partial charge >= 0.3 is 6.18 Å². The third-order valence-corrected chi connectivity index (χ3v) is 2.67. The van der Waals surface area contributed by atoms with Gasteiger partial charge in [0.1, 0.15) is 0 Å². The molecule has 2 rings (SSSR count). The molecule has 19 heavy (non-hydrogen) atoms. The van der Waals surface area contributed by atoms with E-state index >= 15 is 0 Å². The monoisotopic (exact) mass is 269 g/mol. The molecule has 0 bridgehead atoms. The topological polar surface area (TPSA) is 47.8 Å². The quantitative estimate of drug-likeness (QED) is 0.787. The highest BCUT2D eigenvalue weighted by Crippen LogP contribution is 2.33. The van der Waals surface area contributed by atoms with Crippen molar-refractivity contribution in [3.05, 3.63) is 41.2 Å². The number of ketones is 1. The van der Waals surface area contributed by atoms with Crippen molar-refractivity contribution in [3.63, 3.8) is 0 Å². The number of hydrogen-bond donors (Lipinski definition) is 0. The van der Waals surface area contributed by atoms with E-state index in [0.29, 0.717) is 0 Å². The van der Waals surface area contributed by atoms with Crippen LogP contribution in [-0.2, 0) is 6.18 Å². The van der Waals surface area contributed by atoms with Crippen LogP contribution in [0.4, 0.5) is 13.2 Å². The predicted octanol–water partition coefficient (Wildman–Crippen LogP) is 2.80. The second-order valence-corrected chi connectivity index (χ2v) is 4.01. The van der Waals surface area contributed by atoms with Gasteiger partial charge in [0.2, 0.25) is 0 Å². The summed E-state index contributed by atoms with van der Waals surface area (Å²) in [7, 11) is 0. The Kier molecular flexibility index (Phi) is 3.13. The lowest BCUT2D eigenvalue weighted by atomic mass is 10.1. The van der Waals surface area contributed by atoms with Gasteiger partial charge in [-0.15, -0.1) is 5.10 Å². The van der Waals surface area contributed by atoms with Crippen molar-refractivity contribution in [2.75, 3.05) is 0 Å². The summed E-state index contributed by atoms with van der Waals surface area (Å²) >= 11 is 0. The Hall–Kier alpha value is -2.18. The van der Waals surface area contributed by atoms with Gasteiger partial charge in [0.15, 0.2) is 11.5 Å². The maximum Gasteiger partial charge on any atom is 0.418 e. The number of hydrogen-bond acceptors (Lipinski definition) is 3. The minimum atomic E-state index is -4.49. The SMILES string of the molecule is CC(=O)c1nnn(-c2ccccc2C(F)(F)F)c1C. The van der Waals surface area contributed by atoms with E-state index in [1.54, 1.807) is 0 Å². The van der Waals surface area contributed by atoms with Gasteiger partial charge in [0.25, 0.3) is 0 Å². The first-order valence-corrected chi connectivity index (χ1v) is 5.42. The highest BCUT2D eigenvalue weighted by atomic mass is 19.4. The number of carbonyl (C=O) groups excluding carboxylic acids is 1. The first-order chi connectivity index (χ1) is 8.82. The summed E-state index contributed by atoms with van der Waals surface area (Å²) in [6.07, 6.45) is -4.49. The zero-order valence-electron chi connectivity index (χ0n) is 10.2. The van der Waals surface area contributed by atoms with Crippen molar-refractivity contribution < 1.29 is 18.0 Å². The van der Waals surface area contributed by atoms with Crippen molar-refractivity contribution in [2.24, 2.45) is 0 Å². The van der Waals surface area contributed by atoms with Crippen LogP contribution >= 0.6 is 0 Å². The van der Waals surface area contributed by atoms with Crippen LogP contribution in [0.25, 0.3) is 5.69 Å². The molecule has 0 aliphatic rings. The van der Waals surface area contributed by atoms with Crippen LogP contribution in [-0.4, -0.2) is 20.8 Å². The Bertz CT molecular complexity index is 631. The number of carbonyl (C=O) groups is 1. The Morgan fingerprint density at radius 1 is 1.26 bits per heavy atom. The van der Waals surface area contributed by atoms with Crippen LogP contribution in [0.5, 0.6) is 0 Å². The van der Waals surface area contributed by atoms with E-state index in [4.69, 9.17) is 0 Å². The van der Waals surface area contributed by atoms with Crippen molar-refractivity contribution in [2.45, 2.75) is 20.0 Å². The molecule has 1 aromatic heterocycles. The number of Topliss-reactive ketones (excluding diaryl/α,β-unsaturated/α-hetero) is 1. The summed E-state index contributed by atoms with van der Waals surface area (Å²) in [5.74, 6) is -0.340. The van der Waals surface area contributed by atoms with Gasteiger partial charge in [0, 0.05) is 6.92 Å². The highest BCUT2D eigenvalue weighted by molar-refractivity contribution is 5.93. The molecule has 0 atom stereocenters. The summed E-state index contributed by atoms with van der Waals surface area (Å²) in [4.78, 5) is 11.3. The Morgan fingerprint density at radius 2 is 1.89 bits per heavy atom. The van der Waals surface area contributed by atoms with E-state index < -0.39 is 11.7 Å². The lowest BCUT2D eigenvalue weighted by molar-refractivity contribution is -0.137. The fourth-order valence-corrected chi connectivity index (χ4v) is 1.78. The Labute approximate surface area is 106 Å². The molecule has 4 nitrogen and oxygen atoms in total. The highest BCUT2D eigenvalue weighted by Gasteiger charge is 2.34. The van der Waals surface area contributed by atoms with Crippen LogP contribution in [0.1, 0.15) is 28.7 Å². The first kappa shape index (κ1) is 13.3. The van der Waals surface area contributed by atoms with Gasteiger partial charge in [-0.05, 0) is 19.1 Å². The van der Waals surface area contributed by atoms with Crippen LogP contribution in [0.15, 0.2) is 24.3 Å². The molecule has 0 saturated carbocycles. The second kappa shape index (κ2) is 4.49. The molecular formula is C12H10F3N3O. The lowest BCUT2D eigenvalue weighted by Gasteiger charge is -2.12. The van der Waals surface area contributed by atoms with Crippen LogP contribution in [0.2, 0.25) is 0 Å². The summed E-state index contributed by atoms with van der Waals surface area (Å²) in [5.41, 5.74) is -0.619. The average Bonchev–Trinajstić information content (AvgIpc) is 2.70. The first-order valence-electron chi connectivity index (χ1n) is 5.42. The minimum Gasteiger partial charge on any atom is -0.293 e. The number of nitrogens with zero attached hydrogens (tertiary/aromatic N) is 3.